The van der Waals surface area contributed by atoms with Gasteiger partial charge in [0.2, 0.25) is 0 Å². The first-order chi connectivity index (χ1) is 8.54. The predicted molar refractivity (Wildman–Crippen MR) is 69.5 cm³/mol. The molecule has 0 aliphatic heterocycles. The van der Waals surface area contributed by atoms with E-state index < -0.39 is 0 Å². The van der Waals surface area contributed by atoms with Crippen LogP contribution in [0.25, 0.3) is 11.4 Å². The van der Waals surface area contributed by atoms with E-state index in [2.05, 4.69) is 9.97 Å². The Kier molecular flexibility index (Phi) is 3.67. The van der Waals surface area contributed by atoms with Gasteiger partial charge in [-0.2, -0.15) is 0 Å². The third-order valence-corrected chi connectivity index (χ3v) is 2.56. The number of benzene rings is 1. The zero-order chi connectivity index (χ0) is 13.1. The number of hydrogen-bond acceptors (Lipinski definition) is 3. The van der Waals surface area contributed by atoms with Crippen LogP contribution in [0.5, 0.6) is 0 Å². The largest absolute Gasteiger partial charge is 0.328 e. The van der Waals surface area contributed by atoms with E-state index in [-0.39, 0.29) is 11.9 Å². The third kappa shape index (κ3) is 3.11. The Hall–Kier alpha value is -1.81. The monoisotopic (exact) mass is 245 g/mol. The summed E-state index contributed by atoms with van der Waals surface area (Å²) in [7, 11) is 0. The maximum atomic E-state index is 13.3. The Balaban J connectivity index is 2.28. The molecule has 1 atom stereocenters. The second kappa shape index (κ2) is 5.23. The summed E-state index contributed by atoms with van der Waals surface area (Å²) in [6.45, 7) is 3.78. The van der Waals surface area contributed by atoms with Gasteiger partial charge in [0.1, 0.15) is 5.82 Å². The SMILES string of the molecule is Cc1cc(F)cc(-c2ncc(CC(C)N)cn2)c1. The van der Waals surface area contributed by atoms with Crippen LogP contribution in [-0.2, 0) is 6.42 Å². The highest BCUT2D eigenvalue weighted by Gasteiger charge is 2.05. The number of aryl methyl sites for hydroxylation is 1. The first-order valence-corrected chi connectivity index (χ1v) is 5.88. The Labute approximate surface area is 106 Å². The highest BCUT2D eigenvalue weighted by molar-refractivity contribution is 5.55. The molecule has 3 nitrogen and oxygen atoms in total. The average molecular weight is 245 g/mol. The molecule has 1 aromatic heterocycles. The lowest BCUT2D eigenvalue weighted by Crippen LogP contribution is -2.18. The van der Waals surface area contributed by atoms with Crippen molar-refractivity contribution in [2.75, 3.05) is 0 Å². The van der Waals surface area contributed by atoms with Gasteiger partial charge in [-0.3, -0.25) is 0 Å². The van der Waals surface area contributed by atoms with Gasteiger partial charge in [-0.15, -0.1) is 0 Å². The van der Waals surface area contributed by atoms with Gasteiger partial charge in [-0.05, 0) is 49.6 Å². The summed E-state index contributed by atoms with van der Waals surface area (Å²) in [5.74, 6) is 0.263. The van der Waals surface area contributed by atoms with E-state index >= 15 is 0 Å². The van der Waals surface area contributed by atoms with Crippen molar-refractivity contribution in [2.45, 2.75) is 26.3 Å². The molecule has 1 aromatic carbocycles. The number of aromatic nitrogens is 2. The summed E-state index contributed by atoms with van der Waals surface area (Å²) in [5, 5.41) is 0. The molecule has 0 saturated carbocycles. The lowest BCUT2D eigenvalue weighted by atomic mass is 10.1. The summed E-state index contributed by atoms with van der Waals surface area (Å²) in [4.78, 5) is 8.50. The molecule has 18 heavy (non-hydrogen) atoms. The first kappa shape index (κ1) is 12.6. The van der Waals surface area contributed by atoms with E-state index in [1.165, 1.54) is 12.1 Å². The number of nitrogens with two attached hydrogens (primary N) is 1. The van der Waals surface area contributed by atoms with Crippen LogP contribution < -0.4 is 5.73 Å². The van der Waals surface area contributed by atoms with Gasteiger partial charge < -0.3 is 5.73 Å². The maximum Gasteiger partial charge on any atom is 0.159 e. The average Bonchev–Trinajstić information content (AvgIpc) is 2.27. The first-order valence-electron chi connectivity index (χ1n) is 5.88. The number of rotatable bonds is 3. The third-order valence-electron chi connectivity index (χ3n) is 2.56. The number of nitrogens with zero attached hydrogens (tertiary/aromatic N) is 2. The highest BCUT2D eigenvalue weighted by Crippen LogP contribution is 2.18. The van der Waals surface area contributed by atoms with Gasteiger partial charge in [0.25, 0.3) is 0 Å². The molecule has 0 amide bonds. The number of halogens is 1. The van der Waals surface area contributed by atoms with E-state index in [1.54, 1.807) is 12.4 Å². The smallest absolute Gasteiger partial charge is 0.159 e. The fraction of sp³-hybridized carbons (Fsp3) is 0.286. The van der Waals surface area contributed by atoms with Crippen molar-refractivity contribution < 1.29 is 4.39 Å². The molecule has 0 spiro atoms. The van der Waals surface area contributed by atoms with Crippen LogP contribution in [0, 0.1) is 12.7 Å². The molecule has 0 aliphatic rings. The van der Waals surface area contributed by atoms with Gasteiger partial charge in [0, 0.05) is 24.0 Å². The van der Waals surface area contributed by atoms with Gasteiger partial charge in [0.05, 0.1) is 0 Å². The van der Waals surface area contributed by atoms with Crippen molar-refractivity contribution in [3.8, 4) is 11.4 Å². The van der Waals surface area contributed by atoms with Crippen molar-refractivity contribution in [2.24, 2.45) is 5.73 Å². The summed E-state index contributed by atoms with van der Waals surface area (Å²) in [6, 6.07) is 4.86. The van der Waals surface area contributed by atoms with Crippen molar-refractivity contribution in [3.63, 3.8) is 0 Å². The molecule has 0 bridgehead atoms. The normalized spacial score (nSPS) is 12.4. The minimum atomic E-state index is -0.270. The maximum absolute atomic E-state index is 13.3. The Morgan fingerprint density at radius 3 is 2.44 bits per heavy atom. The molecular weight excluding hydrogens is 229 g/mol. The molecule has 0 aliphatic carbocycles. The van der Waals surface area contributed by atoms with Gasteiger partial charge >= 0.3 is 0 Å². The topological polar surface area (TPSA) is 51.8 Å². The van der Waals surface area contributed by atoms with Crippen LogP contribution in [0.2, 0.25) is 0 Å². The van der Waals surface area contributed by atoms with Crippen LogP contribution >= 0.6 is 0 Å². The second-order valence-corrected chi connectivity index (χ2v) is 4.61. The second-order valence-electron chi connectivity index (χ2n) is 4.61. The number of hydrogen-bond donors (Lipinski definition) is 1. The van der Waals surface area contributed by atoms with Crippen LogP contribution in [0.1, 0.15) is 18.1 Å². The molecular formula is C14H16FN3. The van der Waals surface area contributed by atoms with Crippen molar-refractivity contribution >= 4 is 0 Å². The van der Waals surface area contributed by atoms with E-state index in [9.17, 15) is 4.39 Å². The molecule has 0 radical (unpaired) electrons. The summed E-state index contributed by atoms with van der Waals surface area (Å²) < 4.78 is 13.3. The Morgan fingerprint density at radius 2 is 1.89 bits per heavy atom. The van der Waals surface area contributed by atoms with Crippen LogP contribution in [0.4, 0.5) is 4.39 Å². The van der Waals surface area contributed by atoms with Crippen molar-refractivity contribution in [3.05, 3.63) is 47.5 Å². The van der Waals surface area contributed by atoms with Gasteiger partial charge in [-0.25, -0.2) is 14.4 Å². The van der Waals surface area contributed by atoms with Gasteiger partial charge in [0.15, 0.2) is 5.82 Å². The molecule has 94 valence electrons. The highest BCUT2D eigenvalue weighted by atomic mass is 19.1. The molecule has 0 saturated heterocycles. The summed E-state index contributed by atoms with van der Waals surface area (Å²) in [5.41, 5.74) is 8.25. The van der Waals surface area contributed by atoms with Crippen LogP contribution in [0.3, 0.4) is 0 Å². The summed E-state index contributed by atoms with van der Waals surface area (Å²) in [6.07, 6.45) is 4.22. The Bertz CT molecular complexity index is 515. The fourth-order valence-corrected chi connectivity index (χ4v) is 1.85. The van der Waals surface area contributed by atoms with Crippen LogP contribution in [0.15, 0.2) is 30.6 Å². The molecule has 1 unspecified atom stereocenters. The fourth-order valence-electron chi connectivity index (χ4n) is 1.85. The molecule has 1 heterocycles. The summed E-state index contributed by atoms with van der Waals surface area (Å²) >= 11 is 0. The van der Waals surface area contributed by atoms with Gasteiger partial charge in [-0.1, -0.05) is 0 Å². The van der Waals surface area contributed by atoms with E-state index in [0.29, 0.717) is 11.4 Å². The Morgan fingerprint density at radius 1 is 1.22 bits per heavy atom. The van der Waals surface area contributed by atoms with Crippen molar-refractivity contribution in [1.82, 2.24) is 9.97 Å². The molecule has 4 heteroatoms. The molecule has 0 fully saturated rings. The quantitative estimate of drug-likeness (QED) is 0.903. The van der Waals surface area contributed by atoms with E-state index in [0.717, 1.165) is 17.5 Å². The minimum Gasteiger partial charge on any atom is -0.328 e. The minimum absolute atomic E-state index is 0.0795. The lowest BCUT2D eigenvalue weighted by Gasteiger charge is -2.06. The predicted octanol–water partition coefficient (Wildman–Crippen LogP) is 2.48. The van der Waals surface area contributed by atoms with Crippen molar-refractivity contribution in [1.29, 1.82) is 0 Å². The van der Waals surface area contributed by atoms with Crippen LogP contribution in [-0.4, -0.2) is 16.0 Å². The van der Waals surface area contributed by atoms with E-state index in [1.807, 2.05) is 19.9 Å². The molecule has 2 rings (SSSR count). The zero-order valence-electron chi connectivity index (χ0n) is 10.5. The van der Waals surface area contributed by atoms with E-state index in [4.69, 9.17) is 5.73 Å². The molecule has 2 aromatic rings. The standard InChI is InChI=1S/C14H16FN3/c1-9-3-12(6-13(15)4-9)14-17-7-11(8-18-14)5-10(2)16/h3-4,6-8,10H,5,16H2,1-2H3. The molecule has 2 N–H and O–H groups in total. The lowest BCUT2D eigenvalue weighted by molar-refractivity contribution is 0.627. The zero-order valence-corrected chi connectivity index (χ0v) is 10.5.